The maximum Gasteiger partial charge on any atom is 0.237 e. The number of carbonyl (C=O) groups excluding carboxylic acids is 1. The average Bonchev–Trinajstić information content (AvgIpc) is 3.30. The van der Waals surface area contributed by atoms with Crippen LogP contribution in [0.15, 0.2) is 77.8 Å². The highest BCUT2D eigenvalue weighted by Crippen LogP contribution is 2.34. The van der Waals surface area contributed by atoms with Crippen molar-refractivity contribution in [2.45, 2.75) is 33.7 Å². The van der Waals surface area contributed by atoms with E-state index in [1.165, 1.54) is 23.1 Å². The van der Waals surface area contributed by atoms with Gasteiger partial charge in [0.1, 0.15) is 16.6 Å². The first kappa shape index (κ1) is 25.5. The van der Waals surface area contributed by atoms with Crippen LogP contribution in [-0.2, 0) is 4.79 Å². The molecule has 1 heterocycles. The van der Waals surface area contributed by atoms with Crippen LogP contribution in [-0.4, -0.2) is 22.7 Å². The molecule has 0 aliphatic rings. The summed E-state index contributed by atoms with van der Waals surface area (Å²) in [5, 5.41) is 14.9. The Morgan fingerprint density at radius 2 is 1.78 bits per heavy atom. The van der Waals surface area contributed by atoms with Gasteiger partial charge >= 0.3 is 0 Å². The molecular weight excluding hydrogens is 484 g/mol. The van der Waals surface area contributed by atoms with Crippen molar-refractivity contribution in [2.75, 3.05) is 16.0 Å². The van der Waals surface area contributed by atoms with Gasteiger partial charge in [0.2, 0.25) is 5.91 Å². The summed E-state index contributed by atoms with van der Waals surface area (Å²) in [7, 11) is 0. The molecular formula is C29H28N4OS2. The van der Waals surface area contributed by atoms with E-state index >= 15 is 0 Å². The molecule has 36 heavy (non-hydrogen) atoms. The number of amides is 1. The van der Waals surface area contributed by atoms with Crippen molar-refractivity contribution in [2.24, 2.45) is 0 Å². The molecule has 0 aliphatic carbocycles. The number of aromatic nitrogens is 1. The smallest absolute Gasteiger partial charge is 0.237 e. The summed E-state index contributed by atoms with van der Waals surface area (Å²) in [6.45, 7) is 8.11. The zero-order chi connectivity index (χ0) is 25.7. The second-order valence-corrected chi connectivity index (χ2v) is 10.7. The van der Waals surface area contributed by atoms with Crippen LogP contribution in [0.2, 0.25) is 0 Å². The molecule has 0 saturated heterocycles. The van der Waals surface area contributed by atoms with Crippen LogP contribution in [0.25, 0.3) is 15.8 Å². The van der Waals surface area contributed by atoms with Gasteiger partial charge in [-0.05, 0) is 69.2 Å². The maximum absolute atomic E-state index is 13.4. The normalized spacial score (nSPS) is 11.8. The van der Waals surface area contributed by atoms with Gasteiger partial charge in [0.05, 0.1) is 21.0 Å². The number of allylic oxidation sites excluding steroid dienone is 1. The van der Waals surface area contributed by atoms with Crippen molar-refractivity contribution >= 4 is 56.2 Å². The molecule has 1 aromatic heterocycles. The third-order valence-electron chi connectivity index (χ3n) is 5.86. The number of anilines is 2. The highest BCUT2D eigenvalue weighted by Gasteiger charge is 2.22. The van der Waals surface area contributed by atoms with Crippen LogP contribution in [0.3, 0.4) is 0 Å². The van der Waals surface area contributed by atoms with Crippen molar-refractivity contribution < 1.29 is 4.79 Å². The first-order valence-electron chi connectivity index (χ1n) is 11.7. The number of nitrogens with zero attached hydrogens (tertiary/aromatic N) is 3. The molecule has 4 rings (SSSR count). The second kappa shape index (κ2) is 11.4. The van der Waals surface area contributed by atoms with Gasteiger partial charge in [0.25, 0.3) is 0 Å². The SMILES string of the molecule is Cc1cccc(N/C(SCC(=O)N(c2ccccc2)C(C)C)=C(/C#N)c2nc3ccccc3s2)c1C. The predicted octanol–water partition coefficient (Wildman–Crippen LogP) is 7.39. The first-order chi connectivity index (χ1) is 17.4. The van der Waals surface area contributed by atoms with Crippen molar-refractivity contribution in [1.82, 2.24) is 4.98 Å². The molecule has 0 atom stereocenters. The van der Waals surface area contributed by atoms with Gasteiger partial charge < -0.3 is 10.2 Å². The fourth-order valence-corrected chi connectivity index (χ4v) is 5.78. The minimum atomic E-state index is -0.0250. The second-order valence-electron chi connectivity index (χ2n) is 8.66. The lowest BCUT2D eigenvalue weighted by Gasteiger charge is -2.27. The molecule has 7 heteroatoms. The van der Waals surface area contributed by atoms with Crippen LogP contribution in [0.4, 0.5) is 11.4 Å². The van der Waals surface area contributed by atoms with Crippen LogP contribution < -0.4 is 10.2 Å². The van der Waals surface area contributed by atoms with Crippen LogP contribution in [0.1, 0.15) is 30.0 Å². The molecule has 0 bridgehead atoms. The molecule has 1 N–H and O–H groups in total. The highest BCUT2D eigenvalue weighted by atomic mass is 32.2. The molecule has 0 aliphatic heterocycles. The van der Waals surface area contributed by atoms with E-state index in [-0.39, 0.29) is 17.7 Å². The van der Waals surface area contributed by atoms with Gasteiger partial charge in [-0.1, -0.05) is 54.2 Å². The zero-order valence-corrected chi connectivity index (χ0v) is 22.4. The third kappa shape index (κ3) is 5.62. The molecule has 0 unspecified atom stereocenters. The fourth-order valence-electron chi connectivity index (χ4n) is 3.88. The molecule has 4 aromatic rings. The van der Waals surface area contributed by atoms with Crippen molar-refractivity contribution in [3.8, 4) is 6.07 Å². The Bertz CT molecular complexity index is 1420. The monoisotopic (exact) mass is 512 g/mol. The molecule has 1 amide bonds. The number of hydrogen-bond acceptors (Lipinski definition) is 6. The standard InChI is InChI=1S/C29H28N4OS2/c1-19(2)33(22-12-6-5-7-13-22)27(34)18-35-28(31-24-15-10-11-20(3)21(24)4)23(17-30)29-32-25-14-8-9-16-26(25)36-29/h5-16,19,31H,18H2,1-4H3/b28-23+. The number of para-hydroxylation sites is 2. The maximum atomic E-state index is 13.4. The van der Waals surface area contributed by atoms with E-state index in [4.69, 9.17) is 4.98 Å². The number of nitrogens with one attached hydrogen (secondary N) is 1. The van der Waals surface area contributed by atoms with Gasteiger partial charge in [-0.2, -0.15) is 5.26 Å². The Kier molecular flexibility index (Phi) is 8.09. The molecule has 0 radical (unpaired) electrons. The largest absolute Gasteiger partial charge is 0.349 e. The van der Waals surface area contributed by atoms with Gasteiger partial charge in [-0.3, -0.25) is 4.79 Å². The van der Waals surface area contributed by atoms with E-state index in [9.17, 15) is 10.1 Å². The summed E-state index contributed by atoms with van der Waals surface area (Å²) in [5.41, 5.74) is 5.30. The summed E-state index contributed by atoms with van der Waals surface area (Å²) in [4.78, 5) is 19.9. The Hall–Kier alpha value is -3.60. The lowest BCUT2D eigenvalue weighted by atomic mass is 10.1. The number of hydrogen-bond donors (Lipinski definition) is 1. The quantitative estimate of drug-likeness (QED) is 0.249. The van der Waals surface area contributed by atoms with Crippen LogP contribution >= 0.6 is 23.1 Å². The minimum Gasteiger partial charge on any atom is -0.349 e. The van der Waals surface area contributed by atoms with Crippen LogP contribution in [0, 0.1) is 25.2 Å². The summed E-state index contributed by atoms with van der Waals surface area (Å²) in [6.07, 6.45) is 0. The third-order valence-corrected chi connectivity index (χ3v) is 7.90. The van der Waals surface area contributed by atoms with Crippen molar-refractivity contribution in [3.05, 3.63) is 94.0 Å². The Morgan fingerprint density at radius 1 is 1.06 bits per heavy atom. The van der Waals surface area contributed by atoms with Gasteiger partial charge in [0.15, 0.2) is 0 Å². The van der Waals surface area contributed by atoms with E-state index < -0.39 is 0 Å². The average molecular weight is 513 g/mol. The lowest BCUT2D eigenvalue weighted by Crippen LogP contribution is -2.38. The van der Waals surface area contributed by atoms with Crippen molar-refractivity contribution in [3.63, 3.8) is 0 Å². The molecule has 0 spiro atoms. The summed E-state index contributed by atoms with van der Waals surface area (Å²) >= 11 is 2.82. The topological polar surface area (TPSA) is 69.0 Å². The first-order valence-corrected chi connectivity index (χ1v) is 13.5. The Morgan fingerprint density at radius 3 is 2.47 bits per heavy atom. The Balaban J connectivity index is 1.71. The highest BCUT2D eigenvalue weighted by molar-refractivity contribution is 8.04. The molecule has 0 saturated carbocycles. The number of nitriles is 1. The summed E-state index contributed by atoms with van der Waals surface area (Å²) in [5.74, 6) is 0.152. The van der Waals surface area contributed by atoms with E-state index in [0.717, 1.165) is 32.7 Å². The predicted molar refractivity (Wildman–Crippen MR) is 153 cm³/mol. The Labute approximate surface area is 220 Å². The number of aryl methyl sites for hydroxylation is 1. The van der Waals surface area contributed by atoms with Crippen molar-refractivity contribution in [1.29, 1.82) is 5.26 Å². The number of thiazole rings is 1. The van der Waals surface area contributed by atoms with Gasteiger partial charge in [-0.25, -0.2) is 4.98 Å². The number of fused-ring (bicyclic) bond motifs is 1. The van der Waals surface area contributed by atoms with Crippen LogP contribution in [0.5, 0.6) is 0 Å². The molecule has 5 nitrogen and oxygen atoms in total. The van der Waals surface area contributed by atoms with E-state index in [1.807, 2.05) is 87.5 Å². The molecule has 182 valence electrons. The summed E-state index contributed by atoms with van der Waals surface area (Å²) < 4.78 is 1.02. The summed E-state index contributed by atoms with van der Waals surface area (Å²) in [6, 6.07) is 25.9. The van der Waals surface area contributed by atoms with E-state index in [0.29, 0.717) is 15.6 Å². The number of thioether (sulfide) groups is 1. The number of rotatable bonds is 8. The molecule has 3 aromatic carbocycles. The number of carbonyl (C=O) groups is 1. The van der Waals surface area contributed by atoms with E-state index in [1.54, 1.807) is 4.90 Å². The fraction of sp³-hybridized carbons (Fsp3) is 0.207. The van der Waals surface area contributed by atoms with E-state index in [2.05, 4.69) is 24.4 Å². The van der Waals surface area contributed by atoms with Gasteiger partial charge in [0, 0.05) is 17.4 Å². The number of benzene rings is 3. The molecule has 0 fully saturated rings. The minimum absolute atomic E-state index is 0.000366. The van der Waals surface area contributed by atoms with Gasteiger partial charge in [-0.15, -0.1) is 11.3 Å². The lowest BCUT2D eigenvalue weighted by molar-refractivity contribution is -0.116. The zero-order valence-electron chi connectivity index (χ0n) is 20.8.